The Bertz CT molecular complexity index is 318. The number of nitrogens with two attached hydrogens (primary N) is 1. The monoisotopic (exact) mass is 233 g/mol. The van der Waals surface area contributed by atoms with Gasteiger partial charge in [0.15, 0.2) is 0 Å². The molecule has 1 saturated carbocycles. The van der Waals surface area contributed by atoms with Crippen molar-refractivity contribution in [2.75, 3.05) is 0 Å². The third-order valence-corrected chi connectivity index (χ3v) is 4.25. The quantitative estimate of drug-likeness (QED) is 0.790. The third kappa shape index (κ3) is 1.95. The molecular weight excluding hydrogens is 221 g/mol. The molecule has 2 N–H and O–H groups in total. The number of hydrogen-bond donors (Lipinski definition) is 1. The van der Waals surface area contributed by atoms with Crippen molar-refractivity contribution >= 4 is 22.9 Å². The van der Waals surface area contributed by atoms with Gasteiger partial charge in [0.25, 0.3) is 0 Å². The van der Waals surface area contributed by atoms with Gasteiger partial charge in [0.05, 0.1) is 4.34 Å². The molecule has 0 amide bonds. The Labute approximate surface area is 92.1 Å². The van der Waals surface area contributed by atoms with E-state index in [0.717, 1.165) is 17.7 Å². The lowest BCUT2D eigenvalue weighted by atomic mass is 9.83. The Balaban J connectivity index is 2.16. The standard InChI is InChI=1S/C10H13ClFNS/c11-9-2-1-8(14-9)10(12)5-3-7(13)4-6-10/h1-2,7H,3-6,13H2. The van der Waals surface area contributed by atoms with Crippen molar-refractivity contribution < 1.29 is 4.39 Å². The molecular formula is C10H13ClFNS. The second-order valence-electron chi connectivity index (χ2n) is 3.91. The highest BCUT2D eigenvalue weighted by Gasteiger charge is 2.37. The van der Waals surface area contributed by atoms with Crippen molar-refractivity contribution in [3.8, 4) is 0 Å². The summed E-state index contributed by atoms with van der Waals surface area (Å²) in [5.74, 6) is 0. The summed E-state index contributed by atoms with van der Waals surface area (Å²) < 4.78 is 15.0. The minimum absolute atomic E-state index is 0.175. The molecule has 1 aliphatic carbocycles. The van der Waals surface area contributed by atoms with E-state index in [1.807, 2.05) is 0 Å². The van der Waals surface area contributed by atoms with Crippen LogP contribution in [0.15, 0.2) is 12.1 Å². The van der Waals surface area contributed by atoms with E-state index in [1.54, 1.807) is 12.1 Å². The fourth-order valence-electron chi connectivity index (χ4n) is 1.90. The molecule has 14 heavy (non-hydrogen) atoms. The summed E-state index contributed by atoms with van der Waals surface area (Å²) in [5, 5.41) is 0. The maximum Gasteiger partial charge on any atom is 0.145 e. The number of halogens is 2. The van der Waals surface area contributed by atoms with Gasteiger partial charge in [-0.25, -0.2) is 4.39 Å². The highest BCUT2D eigenvalue weighted by molar-refractivity contribution is 7.16. The summed E-state index contributed by atoms with van der Waals surface area (Å²) in [7, 11) is 0. The van der Waals surface area contributed by atoms with Crippen LogP contribution in [0.1, 0.15) is 30.6 Å². The lowest BCUT2D eigenvalue weighted by molar-refractivity contribution is 0.102. The lowest BCUT2D eigenvalue weighted by Gasteiger charge is -2.31. The summed E-state index contributed by atoms with van der Waals surface area (Å²) >= 11 is 7.14. The normalized spacial score (nSPS) is 33.2. The van der Waals surface area contributed by atoms with Gasteiger partial charge in [-0.3, -0.25) is 0 Å². The topological polar surface area (TPSA) is 26.0 Å². The van der Waals surface area contributed by atoms with Crippen molar-refractivity contribution in [2.24, 2.45) is 5.73 Å². The summed E-state index contributed by atoms with van der Waals surface area (Å²) in [6, 6.07) is 3.73. The Morgan fingerprint density at radius 1 is 1.43 bits per heavy atom. The molecule has 0 aromatic carbocycles. The van der Waals surface area contributed by atoms with Gasteiger partial charge in [-0.05, 0) is 37.8 Å². The van der Waals surface area contributed by atoms with Crippen LogP contribution in [-0.4, -0.2) is 6.04 Å². The molecule has 1 nitrogen and oxygen atoms in total. The van der Waals surface area contributed by atoms with Crippen molar-refractivity contribution in [1.82, 2.24) is 0 Å². The minimum Gasteiger partial charge on any atom is -0.328 e. The maximum atomic E-state index is 14.4. The number of rotatable bonds is 1. The Kier molecular flexibility index (Phi) is 2.82. The number of hydrogen-bond acceptors (Lipinski definition) is 2. The van der Waals surface area contributed by atoms with Gasteiger partial charge in [0.1, 0.15) is 5.67 Å². The van der Waals surface area contributed by atoms with E-state index >= 15 is 0 Å². The molecule has 4 heteroatoms. The number of thiophene rings is 1. The molecule has 0 saturated heterocycles. The molecule has 1 aromatic heterocycles. The fraction of sp³-hybridized carbons (Fsp3) is 0.600. The second-order valence-corrected chi connectivity index (χ2v) is 5.62. The highest BCUT2D eigenvalue weighted by Crippen LogP contribution is 2.43. The first kappa shape index (κ1) is 10.4. The average molecular weight is 234 g/mol. The van der Waals surface area contributed by atoms with Crippen molar-refractivity contribution in [1.29, 1.82) is 0 Å². The van der Waals surface area contributed by atoms with Crippen LogP contribution in [0.25, 0.3) is 0 Å². The SMILES string of the molecule is NC1CCC(F)(c2ccc(Cl)s2)CC1. The molecule has 1 aliphatic rings. The molecule has 0 bridgehead atoms. The zero-order valence-electron chi connectivity index (χ0n) is 7.80. The van der Waals surface area contributed by atoms with E-state index < -0.39 is 5.67 Å². The smallest absolute Gasteiger partial charge is 0.145 e. The maximum absolute atomic E-state index is 14.4. The first-order valence-electron chi connectivity index (χ1n) is 4.80. The number of alkyl halides is 1. The van der Waals surface area contributed by atoms with Gasteiger partial charge in [-0.1, -0.05) is 11.6 Å². The Morgan fingerprint density at radius 3 is 2.57 bits per heavy atom. The van der Waals surface area contributed by atoms with Gasteiger partial charge in [0, 0.05) is 10.9 Å². The van der Waals surface area contributed by atoms with Gasteiger partial charge < -0.3 is 5.73 Å². The molecule has 2 rings (SSSR count). The zero-order valence-corrected chi connectivity index (χ0v) is 9.37. The van der Waals surface area contributed by atoms with Crippen LogP contribution in [0.4, 0.5) is 4.39 Å². The van der Waals surface area contributed by atoms with E-state index in [1.165, 1.54) is 11.3 Å². The van der Waals surface area contributed by atoms with Crippen LogP contribution in [0.5, 0.6) is 0 Å². The van der Waals surface area contributed by atoms with Crippen LogP contribution >= 0.6 is 22.9 Å². The van der Waals surface area contributed by atoms with Crippen LogP contribution in [-0.2, 0) is 5.67 Å². The minimum atomic E-state index is -1.17. The van der Waals surface area contributed by atoms with E-state index in [9.17, 15) is 4.39 Å². The Morgan fingerprint density at radius 2 is 2.07 bits per heavy atom. The van der Waals surface area contributed by atoms with Gasteiger partial charge >= 0.3 is 0 Å². The van der Waals surface area contributed by atoms with Gasteiger partial charge in [0.2, 0.25) is 0 Å². The Hall–Kier alpha value is -0.120. The predicted molar refractivity (Wildman–Crippen MR) is 58.6 cm³/mol. The van der Waals surface area contributed by atoms with Crippen LogP contribution in [0.2, 0.25) is 4.34 Å². The molecule has 78 valence electrons. The molecule has 0 spiro atoms. The lowest BCUT2D eigenvalue weighted by Crippen LogP contribution is -2.33. The molecule has 1 fully saturated rings. The van der Waals surface area contributed by atoms with Gasteiger partial charge in [-0.2, -0.15) is 0 Å². The third-order valence-electron chi connectivity index (χ3n) is 2.84. The van der Waals surface area contributed by atoms with Crippen LogP contribution in [0, 0.1) is 0 Å². The van der Waals surface area contributed by atoms with Gasteiger partial charge in [-0.15, -0.1) is 11.3 Å². The fourth-order valence-corrected chi connectivity index (χ4v) is 3.08. The van der Waals surface area contributed by atoms with Crippen molar-refractivity contribution in [2.45, 2.75) is 37.4 Å². The molecule has 0 radical (unpaired) electrons. The van der Waals surface area contributed by atoms with Crippen LogP contribution < -0.4 is 5.73 Å². The summed E-state index contributed by atoms with van der Waals surface area (Å²) in [6.07, 6.45) is 2.61. The van der Waals surface area contributed by atoms with E-state index in [4.69, 9.17) is 17.3 Å². The zero-order chi connectivity index (χ0) is 10.2. The molecule has 1 aromatic rings. The van der Waals surface area contributed by atoms with Crippen molar-refractivity contribution in [3.05, 3.63) is 21.3 Å². The van der Waals surface area contributed by atoms with E-state index in [0.29, 0.717) is 17.2 Å². The summed E-state index contributed by atoms with van der Waals surface area (Å²) in [6.45, 7) is 0. The molecule has 0 aliphatic heterocycles. The second kappa shape index (κ2) is 3.80. The molecule has 0 atom stereocenters. The van der Waals surface area contributed by atoms with Crippen LogP contribution in [0.3, 0.4) is 0 Å². The predicted octanol–water partition coefficient (Wildman–Crippen LogP) is 3.47. The average Bonchev–Trinajstić information content (AvgIpc) is 2.58. The first-order valence-corrected chi connectivity index (χ1v) is 6.00. The molecule has 1 heterocycles. The largest absolute Gasteiger partial charge is 0.328 e. The van der Waals surface area contributed by atoms with E-state index in [-0.39, 0.29) is 6.04 Å². The highest BCUT2D eigenvalue weighted by atomic mass is 35.5. The first-order chi connectivity index (χ1) is 6.60. The van der Waals surface area contributed by atoms with Crippen molar-refractivity contribution in [3.63, 3.8) is 0 Å². The summed E-state index contributed by atoms with van der Waals surface area (Å²) in [4.78, 5) is 0.759. The molecule has 0 unspecified atom stereocenters. The summed E-state index contributed by atoms with van der Waals surface area (Å²) in [5.41, 5.74) is 4.58. The van der Waals surface area contributed by atoms with E-state index in [2.05, 4.69) is 0 Å².